The smallest absolute Gasteiger partial charge is 0.408 e. The quantitative estimate of drug-likeness (QED) is 0.603. The van der Waals surface area contributed by atoms with E-state index in [9.17, 15) is 4.79 Å². The molecular weight excluding hydrogens is 410 g/mol. The van der Waals surface area contributed by atoms with Gasteiger partial charge in [0.15, 0.2) is 5.82 Å². The Morgan fingerprint density at radius 3 is 2.45 bits per heavy atom. The average molecular weight is 436 g/mol. The van der Waals surface area contributed by atoms with E-state index in [2.05, 4.69) is 20.9 Å². The van der Waals surface area contributed by atoms with Gasteiger partial charge in [0.05, 0.1) is 11.7 Å². The molecule has 0 bridgehead atoms. The van der Waals surface area contributed by atoms with Crippen molar-refractivity contribution in [1.82, 2.24) is 20.2 Å². The van der Waals surface area contributed by atoms with Crippen molar-refractivity contribution in [1.29, 1.82) is 0 Å². The summed E-state index contributed by atoms with van der Waals surface area (Å²) < 4.78 is 7.33. The molecule has 1 amide bonds. The van der Waals surface area contributed by atoms with Gasteiger partial charge in [0.2, 0.25) is 5.16 Å². The van der Waals surface area contributed by atoms with Crippen LogP contribution >= 0.6 is 11.8 Å². The fourth-order valence-corrected chi connectivity index (χ4v) is 3.95. The molecule has 0 unspecified atom stereocenters. The second kappa shape index (κ2) is 8.85. The van der Waals surface area contributed by atoms with Gasteiger partial charge >= 0.3 is 6.09 Å². The number of amides is 1. The summed E-state index contributed by atoms with van der Waals surface area (Å²) in [7, 11) is 0. The van der Waals surface area contributed by atoms with Gasteiger partial charge in [0.1, 0.15) is 5.60 Å². The summed E-state index contributed by atoms with van der Waals surface area (Å²) in [4.78, 5) is 12.6. The highest BCUT2D eigenvalue weighted by Crippen LogP contribution is 2.30. The van der Waals surface area contributed by atoms with E-state index >= 15 is 0 Å². The fourth-order valence-electron chi connectivity index (χ4n) is 3.20. The summed E-state index contributed by atoms with van der Waals surface area (Å²) in [5, 5.41) is 14.4. The van der Waals surface area contributed by atoms with Crippen LogP contribution in [-0.4, -0.2) is 26.6 Å². The van der Waals surface area contributed by atoms with Gasteiger partial charge in [-0.25, -0.2) is 9.47 Å². The fraction of sp³-hybridized carbons (Fsp3) is 0.261. The predicted octanol–water partition coefficient (Wildman–Crippen LogP) is 4.73. The standard InChI is InChI=1S/C23H25N5O2S/c1-23(2,3)30-22(29)24-18(14-16-10-6-4-7-11-16)20-25-26-21-28(20)27-19(15-31-21)17-12-8-5-9-13-17/h4-13,15,18,27H,14H2,1-3H3,(H,24,29)/t18-/m0/s1. The molecule has 160 valence electrons. The molecule has 7 nitrogen and oxygen atoms in total. The molecule has 0 aliphatic carbocycles. The van der Waals surface area contributed by atoms with Crippen molar-refractivity contribution in [3.8, 4) is 0 Å². The number of nitrogens with zero attached hydrogens (tertiary/aromatic N) is 3. The topological polar surface area (TPSA) is 81.1 Å². The number of benzene rings is 2. The van der Waals surface area contributed by atoms with Crippen molar-refractivity contribution in [3.05, 3.63) is 83.0 Å². The maximum atomic E-state index is 12.6. The van der Waals surface area contributed by atoms with Crippen molar-refractivity contribution in [2.75, 3.05) is 5.43 Å². The molecule has 1 aromatic heterocycles. The first-order valence-corrected chi connectivity index (χ1v) is 10.9. The van der Waals surface area contributed by atoms with Gasteiger partial charge in [-0.05, 0) is 31.9 Å². The van der Waals surface area contributed by atoms with E-state index in [4.69, 9.17) is 4.74 Å². The number of carbonyl (C=O) groups excluding carboxylic acids is 1. The minimum absolute atomic E-state index is 0.429. The second-order valence-electron chi connectivity index (χ2n) is 8.19. The summed E-state index contributed by atoms with van der Waals surface area (Å²) in [5.74, 6) is 0.610. The van der Waals surface area contributed by atoms with Gasteiger partial charge in [0.25, 0.3) is 0 Å². The van der Waals surface area contributed by atoms with E-state index in [1.54, 1.807) is 0 Å². The number of fused-ring (bicyclic) bond motifs is 1. The number of carbonyl (C=O) groups is 1. The Kier molecular flexibility index (Phi) is 5.99. The Morgan fingerprint density at radius 1 is 1.10 bits per heavy atom. The molecule has 4 rings (SSSR count). The first-order valence-electron chi connectivity index (χ1n) is 10.1. The molecule has 0 radical (unpaired) electrons. The van der Waals surface area contributed by atoms with E-state index in [-0.39, 0.29) is 0 Å². The van der Waals surface area contributed by atoms with Crippen LogP contribution in [0.2, 0.25) is 0 Å². The summed E-state index contributed by atoms with van der Waals surface area (Å²) in [6, 6.07) is 19.6. The lowest BCUT2D eigenvalue weighted by atomic mass is 10.1. The number of rotatable bonds is 5. The summed E-state index contributed by atoms with van der Waals surface area (Å²) in [5.41, 5.74) is 5.86. The number of alkyl carbamates (subject to hydrolysis) is 1. The van der Waals surface area contributed by atoms with Crippen LogP contribution in [0.4, 0.5) is 4.79 Å². The summed E-state index contributed by atoms with van der Waals surface area (Å²) in [6.45, 7) is 5.52. The number of nitrogens with one attached hydrogen (secondary N) is 2. The minimum atomic E-state index is -0.594. The average Bonchev–Trinajstić information content (AvgIpc) is 3.16. The highest BCUT2D eigenvalue weighted by Gasteiger charge is 2.28. The highest BCUT2D eigenvalue weighted by molar-refractivity contribution is 8.02. The van der Waals surface area contributed by atoms with Gasteiger partial charge in [-0.2, -0.15) is 0 Å². The van der Waals surface area contributed by atoms with Crippen LogP contribution in [0.1, 0.15) is 43.8 Å². The Morgan fingerprint density at radius 2 is 1.77 bits per heavy atom. The second-order valence-corrected chi connectivity index (χ2v) is 9.03. The number of hydrogen-bond donors (Lipinski definition) is 2. The third-order valence-corrected chi connectivity index (χ3v) is 5.37. The number of aromatic nitrogens is 3. The normalized spacial score (nSPS) is 14.1. The predicted molar refractivity (Wildman–Crippen MR) is 122 cm³/mol. The van der Waals surface area contributed by atoms with Crippen LogP contribution in [0.3, 0.4) is 0 Å². The van der Waals surface area contributed by atoms with Gasteiger partial charge < -0.3 is 10.1 Å². The third kappa shape index (κ3) is 5.27. The van der Waals surface area contributed by atoms with E-state index in [0.717, 1.165) is 16.8 Å². The largest absolute Gasteiger partial charge is 0.444 e. The Labute approximate surface area is 185 Å². The molecule has 0 saturated heterocycles. The van der Waals surface area contributed by atoms with Crippen LogP contribution in [-0.2, 0) is 11.2 Å². The van der Waals surface area contributed by atoms with E-state index < -0.39 is 17.7 Å². The lowest BCUT2D eigenvalue weighted by Crippen LogP contribution is -2.37. The molecule has 1 aliphatic heterocycles. The SMILES string of the molecule is CC(C)(C)OC(=O)N[C@@H](Cc1ccccc1)c1nnc2n1NC(c1ccccc1)=CS2. The van der Waals surface area contributed by atoms with E-state index in [1.807, 2.05) is 91.5 Å². The maximum absolute atomic E-state index is 12.6. The van der Waals surface area contributed by atoms with Crippen LogP contribution in [0.25, 0.3) is 5.70 Å². The number of thioether (sulfide) groups is 1. The lowest BCUT2D eigenvalue weighted by Gasteiger charge is -2.25. The molecule has 0 saturated carbocycles. The van der Waals surface area contributed by atoms with Crippen molar-refractivity contribution in [2.45, 2.75) is 44.0 Å². The van der Waals surface area contributed by atoms with Crippen LogP contribution in [0.15, 0.2) is 71.2 Å². The zero-order valence-electron chi connectivity index (χ0n) is 17.7. The molecule has 1 aliphatic rings. The van der Waals surface area contributed by atoms with Crippen LogP contribution < -0.4 is 10.7 Å². The maximum Gasteiger partial charge on any atom is 0.408 e. The van der Waals surface area contributed by atoms with Crippen LogP contribution in [0.5, 0.6) is 0 Å². The van der Waals surface area contributed by atoms with Crippen molar-refractivity contribution in [3.63, 3.8) is 0 Å². The Bertz CT molecular complexity index is 1070. The number of ether oxygens (including phenoxy) is 1. The molecule has 0 spiro atoms. The third-order valence-electron chi connectivity index (χ3n) is 4.54. The molecule has 3 aromatic rings. The lowest BCUT2D eigenvalue weighted by molar-refractivity contribution is 0.0500. The minimum Gasteiger partial charge on any atom is -0.444 e. The first kappa shape index (κ1) is 21.0. The van der Waals surface area contributed by atoms with Gasteiger partial charge in [-0.3, -0.25) is 5.43 Å². The van der Waals surface area contributed by atoms with Gasteiger partial charge in [-0.1, -0.05) is 72.4 Å². The molecule has 1 atom stereocenters. The molecule has 31 heavy (non-hydrogen) atoms. The van der Waals surface area contributed by atoms with Crippen molar-refractivity contribution in [2.24, 2.45) is 0 Å². The zero-order chi connectivity index (χ0) is 21.8. The molecule has 8 heteroatoms. The summed E-state index contributed by atoms with van der Waals surface area (Å²) in [6.07, 6.45) is 0.0580. The van der Waals surface area contributed by atoms with E-state index in [1.165, 1.54) is 11.8 Å². The van der Waals surface area contributed by atoms with Crippen molar-refractivity contribution < 1.29 is 9.53 Å². The molecule has 2 N–H and O–H groups in total. The first-order chi connectivity index (χ1) is 14.9. The van der Waals surface area contributed by atoms with Gasteiger partial charge in [-0.15, -0.1) is 10.2 Å². The van der Waals surface area contributed by atoms with Crippen molar-refractivity contribution >= 4 is 23.6 Å². The highest BCUT2D eigenvalue weighted by atomic mass is 32.2. The van der Waals surface area contributed by atoms with E-state index in [0.29, 0.717) is 17.4 Å². The monoisotopic (exact) mass is 435 g/mol. The van der Waals surface area contributed by atoms with Gasteiger partial charge in [0, 0.05) is 11.8 Å². The summed E-state index contributed by atoms with van der Waals surface area (Å²) >= 11 is 1.49. The zero-order valence-corrected chi connectivity index (χ0v) is 18.5. The Hall–Kier alpha value is -3.26. The molecule has 2 aromatic carbocycles. The van der Waals surface area contributed by atoms with Crippen LogP contribution in [0, 0.1) is 0 Å². The molecular formula is C23H25N5O2S. The molecule has 0 fully saturated rings. The number of hydrogen-bond acceptors (Lipinski definition) is 6. The Balaban J connectivity index is 1.62. The molecule has 2 heterocycles.